The summed E-state index contributed by atoms with van der Waals surface area (Å²) in [7, 11) is 0. The van der Waals surface area contributed by atoms with Gasteiger partial charge < -0.3 is 15.2 Å². The van der Waals surface area contributed by atoms with Crippen LogP contribution in [0.2, 0.25) is 0 Å². The van der Waals surface area contributed by atoms with Crippen LogP contribution in [0.3, 0.4) is 0 Å². The molecule has 1 aromatic heterocycles. The van der Waals surface area contributed by atoms with E-state index in [-0.39, 0.29) is 18.0 Å². The summed E-state index contributed by atoms with van der Waals surface area (Å²) < 4.78 is 13.2. The number of amides is 2. The van der Waals surface area contributed by atoms with Gasteiger partial charge in [-0.25, -0.2) is 4.39 Å². The number of hydrogen-bond acceptors (Lipinski definition) is 3. The average molecular weight is 331 g/mol. The molecule has 0 saturated carbocycles. The van der Waals surface area contributed by atoms with Crippen LogP contribution < -0.4 is 10.9 Å². The molecule has 0 spiro atoms. The molecule has 0 radical (unpaired) electrons. The van der Waals surface area contributed by atoms with Gasteiger partial charge in [-0.05, 0) is 48.9 Å². The molecule has 6 nitrogen and oxygen atoms in total. The zero-order chi connectivity index (χ0) is 17.1. The number of H-pyrrole nitrogens is 1. The molecule has 1 aliphatic rings. The minimum atomic E-state index is -0.618. The molecule has 2 N–H and O–H groups in total. The standard InChI is InChI=1S/C17H18FN3O3/c18-12-5-4-11-8-13(17(24)20-14(11)9-12)16(23)19-10-15(22)21-6-2-1-3-7-21/h4-5,8-9H,1-3,6-7,10H2,(H,19,23)(H,20,24). The Morgan fingerprint density at radius 2 is 1.92 bits per heavy atom. The summed E-state index contributed by atoms with van der Waals surface area (Å²) in [5.41, 5.74) is -0.391. The number of halogens is 1. The van der Waals surface area contributed by atoms with Crippen LogP contribution >= 0.6 is 0 Å². The zero-order valence-electron chi connectivity index (χ0n) is 13.1. The number of pyridine rings is 1. The quantitative estimate of drug-likeness (QED) is 0.892. The molecule has 1 aromatic carbocycles. The summed E-state index contributed by atoms with van der Waals surface area (Å²) in [6, 6.07) is 5.32. The number of benzene rings is 1. The van der Waals surface area contributed by atoms with Gasteiger partial charge in [0.15, 0.2) is 0 Å². The van der Waals surface area contributed by atoms with E-state index < -0.39 is 17.3 Å². The molecular formula is C17H18FN3O3. The Hall–Kier alpha value is -2.70. The molecule has 126 valence electrons. The number of nitrogens with zero attached hydrogens (tertiary/aromatic N) is 1. The first kappa shape index (κ1) is 16.2. The monoisotopic (exact) mass is 331 g/mol. The van der Waals surface area contributed by atoms with Crippen molar-refractivity contribution in [1.82, 2.24) is 15.2 Å². The molecule has 1 fully saturated rings. The number of carbonyl (C=O) groups is 2. The van der Waals surface area contributed by atoms with Crippen molar-refractivity contribution in [3.05, 3.63) is 46.0 Å². The van der Waals surface area contributed by atoms with Crippen molar-refractivity contribution in [1.29, 1.82) is 0 Å². The maximum atomic E-state index is 13.2. The molecule has 0 unspecified atom stereocenters. The Balaban J connectivity index is 1.71. The van der Waals surface area contributed by atoms with Gasteiger partial charge in [-0.15, -0.1) is 0 Å². The smallest absolute Gasteiger partial charge is 0.261 e. The minimum absolute atomic E-state index is 0.0967. The van der Waals surface area contributed by atoms with E-state index in [1.165, 1.54) is 24.3 Å². The zero-order valence-corrected chi connectivity index (χ0v) is 13.1. The first-order valence-corrected chi connectivity index (χ1v) is 7.93. The number of aromatic nitrogens is 1. The summed E-state index contributed by atoms with van der Waals surface area (Å²) in [4.78, 5) is 40.4. The first-order valence-electron chi connectivity index (χ1n) is 7.93. The maximum Gasteiger partial charge on any atom is 0.261 e. The van der Waals surface area contributed by atoms with Gasteiger partial charge in [0.25, 0.3) is 11.5 Å². The molecular weight excluding hydrogens is 313 g/mol. The number of carbonyl (C=O) groups excluding carboxylic acids is 2. The van der Waals surface area contributed by atoms with E-state index in [1.807, 2.05) is 0 Å². The number of aromatic amines is 1. The average Bonchev–Trinajstić information content (AvgIpc) is 2.59. The van der Waals surface area contributed by atoms with Gasteiger partial charge in [0.2, 0.25) is 5.91 Å². The van der Waals surface area contributed by atoms with E-state index in [4.69, 9.17) is 0 Å². The lowest BCUT2D eigenvalue weighted by Gasteiger charge is -2.26. The third kappa shape index (κ3) is 3.45. The lowest BCUT2D eigenvalue weighted by atomic mass is 10.1. The van der Waals surface area contributed by atoms with Crippen molar-refractivity contribution >= 4 is 22.7 Å². The van der Waals surface area contributed by atoms with Crippen LogP contribution in [0.4, 0.5) is 4.39 Å². The summed E-state index contributed by atoms with van der Waals surface area (Å²) in [6.07, 6.45) is 3.06. The van der Waals surface area contributed by atoms with Gasteiger partial charge in [-0.3, -0.25) is 14.4 Å². The highest BCUT2D eigenvalue weighted by Gasteiger charge is 2.18. The van der Waals surface area contributed by atoms with E-state index in [1.54, 1.807) is 4.90 Å². The molecule has 7 heteroatoms. The summed E-state index contributed by atoms with van der Waals surface area (Å²) in [5.74, 6) is -1.24. The van der Waals surface area contributed by atoms with E-state index >= 15 is 0 Å². The van der Waals surface area contributed by atoms with Crippen molar-refractivity contribution in [2.45, 2.75) is 19.3 Å². The number of hydrogen-bond donors (Lipinski definition) is 2. The summed E-state index contributed by atoms with van der Waals surface area (Å²) >= 11 is 0. The van der Waals surface area contributed by atoms with Crippen LogP contribution in [0.1, 0.15) is 29.6 Å². The van der Waals surface area contributed by atoms with Crippen LogP contribution in [0.5, 0.6) is 0 Å². The Bertz CT molecular complexity index is 841. The van der Waals surface area contributed by atoms with Gasteiger partial charge >= 0.3 is 0 Å². The molecule has 1 aliphatic heterocycles. The molecule has 2 heterocycles. The highest BCUT2D eigenvalue weighted by molar-refractivity contribution is 5.98. The molecule has 24 heavy (non-hydrogen) atoms. The largest absolute Gasteiger partial charge is 0.343 e. The highest BCUT2D eigenvalue weighted by Crippen LogP contribution is 2.13. The maximum absolute atomic E-state index is 13.2. The first-order chi connectivity index (χ1) is 11.5. The fourth-order valence-electron chi connectivity index (χ4n) is 2.85. The summed E-state index contributed by atoms with van der Waals surface area (Å²) in [5, 5.41) is 3.03. The second-order valence-electron chi connectivity index (χ2n) is 5.87. The molecule has 0 aliphatic carbocycles. The topological polar surface area (TPSA) is 82.3 Å². The van der Waals surface area contributed by atoms with Gasteiger partial charge in [0.05, 0.1) is 12.1 Å². The minimum Gasteiger partial charge on any atom is -0.343 e. The molecule has 2 aromatic rings. The number of fused-ring (bicyclic) bond motifs is 1. The molecule has 0 bridgehead atoms. The second-order valence-corrected chi connectivity index (χ2v) is 5.87. The van der Waals surface area contributed by atoms with Gasteiger partial charge in [0.1, 0.15) is 11.4 Å². The van der Waals surface area contributed by atoms with E-state index in [0.29, 0.717) is 24.0 Å². The number of piperidine rings is 1. The van der Waals surface area contributed by atoms with Crippen molar-refractivity contribution in [3.63, 3.8) is 0 Å². The lowest BCUT2D eigenvalue weighted by molar-refractivity contribution is -0.130. The Kier molecular flexibility index (Phi) is 4.59. The van der Waals surface area contributed by atoms with Crippen molar-refractivity contribution in [2.75, 3.05) is 19.6 Å². The lowest BCUT2D eigenvalue weighted by Crippen LogP contribution is -2.43. The molecule has 3 rings (SSSR count). The van der Waals surface area contributed by atoms with Crippen LogP contribution in [-0.2, 0) is 4.79 Å². The Labute approximate surface area is 137 Å². The fourth-order valence-corrected chi connectivity index (χ4v) is 2.85. The number of likely N-dealkylation sites (tertiary alicyclic amines) is 1. The normalized spacial score (nSPS) is 14.6. The Morgan fingerprint density at radius 3 is 2.67 bits per heavy atom. The van der Waals surface area contributed by atoms with Gasteiger partial charge in [-0.2, -0.15) is 0 Å². The fraction of sp³-hybridized carbons (Fsp3) is 0.353. The van der Waals surface area contributed by atoms with Gasteiger partial charge in [0, 0.05) is 13.1 Å². The van der Waals surface area contributed by atoms with Crippen molar-refractivity contribution < 1.29 is 14.0 Å². The predicted octanol–water partition coefficient (Wildman–Crippen LogP) is 1.41. The Morgan fingerprint density at radius 1 is 1.17 bits per heavy atom. The van der Waals surface area contributed by atoms with Crippen LogP contribution in [0.25, 0.3) is 10.9 Å². The van der Waals surface area contributed by atoms with E-state index in [0.717, 1.165) is 19.3 Å². The molecule has 0 atom stereocenters. The third-order valence-corrected chi connectivity index (χ3v) is 4.16. The molecule has 2 amide bonds. The number of nitrogens with one attached hydrogen (secondary N) is 2. The van der Waals surface area contributed by atoms with Crippen LogP contribution in [0, 0.1) is 5.82 Å². The van der Waals surface area contributed by atoms with Crippen molar-refractivity contribution in [2.24, 2.45) is 0 Å². The van der Waals surface area contributed by atoms with E-state index in [9.17, 15) is 18.8 Å². The SMILES string of the molecule is O=C(NCC(=O)N1CCCCC1)c1cc2ccc(F)cc2[nH]c1=O. The van der Waals surface area contributed by atoms with Crippen LogP contribution in [0.15, 0.2) is 29.1 Å². The van der Waals surface area contributed by atoms with E-state index in [2.05, 4.69) is 10.3 Å². The molecule has 1 saturated heterocycles. The van der Waals surface area contributed by atoms with Crippen LogP contribution in [-0.4, -0.2) is 41.3 Å². The second kappa shape index (κ2) is 6.82. The number of rotatable bonds is 3. The highest BCUT2D eigenvalue weighted by atomic mass is 19.1. The van der Waals surface area contributed by atoms with Crippen molar-refractivity contribution in [3.8, 4) is 0 Å². The predicted molar refractivity (Wildman–Crippen MR) is 87.3 cm³/mol. The van der Waals surface area contributed by atoms with Gasteiger partial charge in [-0.1, -0.05) is 0 Å². The summed E-state index contributed by atoms with van der Waals surface area (Å²) in [6.45, 7) is 1.27. The third-order valence-electron chi connectivity index (χ3n) is 4.16.